The molecule has 0 bridgehead atoms. The van der Waals surface area contributed by atoms with Crippen molar-refractivity contribution in [2.24, 2.45) is 11.8 Å². The van der Waals surface area contributed by atoms with Gasteiger partial charge in [0.2, 0.25) is 0 Å². The molecule has 0 spiro atoms. The van der Waals surface area contributed by atoms with Crippen molar-refractivity contribution in [3.8, 4) is 11.5 Å². The summed E-state index contributed by atoms with van der Waals surface area (Å²) in [6.07, 6.45) is 2.20. The molecular formula is C22H30O2. The van der Waals surface area contributed by atoms with Gasteiger partial charge in [0, 0.05) is 0 Å². The van der Waals surface area contributed by atoms with Crippen LogP contribution in [0, 0.1) is 25.7 Å². The fourth-order valence-corrected chi connectivity index (χ4v) is 3.00. The summed E-state index contributed by atoms with van der Waals surface area (Å²) in [5, 5.41) is 0. The normalized spacial score (nSPS) is 13.3. The van der Waals surface area contributed by atoms with Crippen LogP contribution in [0.5, 0.6) is 11.5 Å². The van der Waals surface area contributed by atoms with E-state index in [1.54, 1.807) is 0 Å². The van der Waals surface area contributed by atoms with Crippen molar-refractivity contribution in [3.05, 3.63) is 59.7 Å². The molecule has 0 N–H and O–H groups in total. The molecule has 24 heavy (non-hydrogen) atoms. The van der Waals surface area contributed by atoms with Crippen molar-refractivity contribution >= 4 is 0 Å². The number of hydrogen-bond donors (Lipinski definition) is 0. The Morgan fingerprint density at radius 2 is 1.04 bits per heavy atom. The molecule has 0 heterocycles. The Balaban J connectivity index is 1.93. The number of aryl methyl sites for hydroxylation is 2. The Labute approximate surface area is 146 Å². The molecule has 0 aliphatic rings. The molecule has 0 saturated carbocycles. The molecule has 0 aliphatic carbocycles. The predicted octanol–water partition coefficient (Wildman–Crippen LogP) is 5.81. The molecule has 0 aromatic heterocycles. The molecule has 0 amide bonds. The van der Waals surface area contributed by atoms with Crippen LogP contribution in [0.25, 0.3) is 0 Å². The average Bonchev–Trinajstić information content (AvgIpc) is 2.60. The van der Waals surface area contributed by atoms with Gasteiger partial charge in [0.1, 0.15) is 11.5 Å². The van der Waals surface area contributed by atoms with Crippen molar-refractivity contribution in [1.82, 2.24) is 0 Å². The highest BCUT2D eigenvalue weighted by Crippen LogP contribution is 2.25. The molecule has 2 rings (SSSR count). The molecule has 0 fully saturated rings. The lowest BCUT2D eigenvalue weighted by Crippen LogP contribution is -2.26. The van der Waals surface area contributed by atoms with Gasteiger partial charge in [-0.1, -0.05) is 50.2 Å². The van der Waals surface area contributed by atoms with Crippen molar-refractivity contribution in [2.45, 2.75) is 40.5 Å². The minimum absolute atomic E-state index is 0.499. The number of rotatable bonds is 9. The maximum absolute atomic E-state index is 6.09. The Bertz CT molecular complexity index is 565. The highest BCUT2D eigenvalue weighted by Gasteiger charge is 2.20. The number of ether oxygens (including phenoxy) is 2. The third-order valence-corrected chi connectivity index (χ3v) is 4.81. The molecule has 2 nitrogen and oxygen atoms in total. The third-order valence-electron chi connectivity index (χ3n) is 4.81. The minimum atomic E-state index is 0.499. The molecule has 2 aromatic carbocycles. The maximum Gasteiger partial charge on any atom is 0.122 e. The van der Waals surface area contributed by atoms with Gasteiger partial charge in [-0.2, -0.15) is 0 Å². The molecule has 130 valence electrons. The van der Waals surface area contributed by atoms with Crippen LogP contribution in [0.4, 0.5) is 0 Å². The highest BCUT2D eigenvalue weighted by atomic mass is 16.5. The van der Waals surface area contributed by atoms with Gasteiger partial charge in [-0.3, -0.25) is 0 Å². The van der Waals surface area contributed by atoms with E-state index in [1.807, 2.05) is 36.4 Å². The monoisotopic (exact) mass is 326 g/mol. The van der Waals surface area contributed by atoms with Gasteiger partial charge < -0.3 is 9.47 Å². The molecule has 0 radical (unpaired) electrons. The van der Waals surface area contributed by atoms with Gasteiger partial charge in [-0.25, -0.2) is 0 Å². The molecule has 0 aliphatic heterocycles. The van der Waals surface area contributed by atoms with Gasteiger partial charge in [0.15, 0.2) is 0 Å². The maximum atomic E-state index is 6.09. The van der Waals surface area contributed by atoms with Crippen LogP contribution < -0.4 is 9.47 Å². The van der Waals surface area contributed by atoms with E-state index < -0.39 is 0 Å². The van der Waals surface area contributed by atoms with Crippen LogP contribution in [0.2, 0.25) is 0 Å². The number of hydrogen-bond acceptors (Lipinski definition) is 2. The lowest BCUT2D eigenvalue weighted by molar-refractivity contribution is 0.134. The van der Waals surface area contributed by atoms with Crippen LogP contribution in [0.15, 0.2) is 48.5 Å². The Kier molecular flexibility index (Phi) is 7.17. The van der Waals surface area contributed by atoms with Gasteiger partial charge in [-0.15, -0.1) is 0 Å². The van der Waals surface area contributed by atoms with E-state index in [-0.39, 0.29) is 0 Å². The summed E-state index contributed by atoms with van der Waals surface area (Å²) in [4.78, 5) is 0. The Morgan fingerprint density at radius 3 is 1.38 bits per heavy atom. The van der Waals surface area contributed by atoms with Crippen LogP contribution in [-0.2, 0) is 0 Å². The van der Waals surface area contributed by atoms with E-state index >= 15 is 0 Å². The second-order valence-electron chi connectivity index (χ2n) is 6.49. The van der Waals surface area contributed by atoms with E-state index in [9.17, 15) is 0 Å². The van der Waals surface area contributed by atoms with Gasteiger partial charge >= 0.3 is 0 Å². The Morgan fingerprint density at radius 1 is 0.667 bits per heavy atom. The van der Waals surface area contributed by atoms with Gasteiger partial charge in [0.05, 0.1) is 13.2 Å². The molecule has 2 atom stereocenters. The number of para-hydroxylation sites is 2. The zero-order valence-corrected chi connectivity index (χ0v) is 15.4. The fraction of sp³-hybridized carbons (Fsp3) is 0.455. The summed E-state index contributed by atoms with van der Waals surface area (Å²) in [6.45, 7) is 10.2. The van der Waals surface area contributed by atoms with Crippen LogP contribution in [-0.4, -0.2) is 13.2 Å². The van der Waals surface area contributed by atoms with Gasteiger partial charge in [0.25, 0.3) is 0 Å². The topological polar surface area (TPSA) is 18.5 Å². The van der Waals surface area contributed by atoms with E-state index in [1.165, 1.54) is 11.1 Å². The second-order valence-corrected chi connectivity index (χ2v) is 6.49. The first kappa shape index (κ1) is 18.4. The quantitative estimate of drug-likeness (QED) is 0.578. The van der Waals surface area contributed by atoms with E-state index in [2.05, 4.69) is 39.8 Å². The SMILES string of the molecule is CC[C@@H](COc1ccccc1C)[C@@H](CC)COc1ccccc1C. The predicted molar refractivity (Wildman–Crippen MR) is 101 cm³/mol. The first-order chi connectivity index (χ1) is 11.7. The molecule has 0 unspecified atom stereocenters. The van der Waals surface area contributed by atoms with Crippen LogP contribution in [0.1, 0.15) is 37.8 Å². The zero-order chi connectivity index (χ0) is 17.4. The number of benzene rings is 2. The van der Waals surface area contributed by atoms with Crippen LogP contribution in [0.3, 0.4) is 0 Å². The second kappa shape index (κ2) is 9.36. The fourth-order valence-electron chi connectivity index (χ4n) is 3.00. The van der Waals surface area contributed by atoms with E-state index in [4.69, 9.17) is 9.47 Å². The molecule has 2 aromatic rings. The van der Waals surface area contributed by atoms with Gasteiger partial charge in [-0.05, 0) is 61.8 Å². The third kappa shape index (κ3) is 5.02. The smallest absolute Gasteiger partial charge is 0.122 e. The summed E-state index contributed by atoms with van der Waals surface area (Å²) in [5.74, 6) is 2.98. The summed E-state index contributed by atoms with van der Waals surface area (Å²) in [7, 11) is 0. The summed E-state index contributed by atoms with van der Waals surface area (Å²) < 4.78 is 12.2. The standard InChI is InChI=1S/C22H30O2/c1-5-19(15-23-21-13-9-7-11-17(21)3)20(6-2)16-24-22-14-10-8-12-18(22)4/h7-14,19-20H,5-6,15-16H2,1-4H3/t19-,20-/m0/s1. The first-order valence-corrected chi connectivity index (χ1v) is 9.02. The van der Waals surface area contributed by atoms with Crippen molar-refractivity contribution in [2.75, 3.05) is 13.2 Å². The van der Waals surface area contributed by atoms with Crippen molar-refractivity contribution in [1.29, 1.82) is 0 Å². The summed E-state index contributed by atoms with van der Waals surface area (Å²) in [6, 6.07) is 16.4. The average molecular weight is 326 g/mol. The van der Waals surface area contributed by atoms with E-state index in [0.29, 0.717) is 11.8 Å². The first-order valence-electron chi connectivity index (χ1n) is 9.02. The Hall–Kier alpha value is -1.96. The minimum Gasteiger partial charge on any atom is -0.493 e. The highest BCUT2D eigenvalue weighted by molar-refractivity contribution is 5.32. The molecular weight excluding hydrogens is 296 g/mol. The van der Waals surface area contributed by atoms with Crippen molar-refractivity contribution in [3.63, 3.8) is 0 Å². The van der Waals surface area contributed by atoms with E-state index in [0.717, 1.165) is 37.6 Å². The lowest BCUT2D eigenvalue weighted by atomic mass is 9.89. The summed E-state index contributed by atoms with van der Waals surface area (Å²) in [5.41, 5.74) is 2.38. The molecule has 2 heteroatoms. The summed E-state index contributed by atoms with van der Waals surface area (Å²) >= 11 is 0. The van der Waals surface area contributed by atoms with Crippen molar-refractivity contribution < 1.29 is 9.47 Å². The molecule has 0 saturated heterocycles. The zero-order valence-electron chi connectivity index (χ0n) is 15.4. The van der Waals surface area contributed by atoms with Crippen LogP contribution >= 0.6 is 0 Å². The lowest BCUT2D eigenvalue weighted by Gasteiger charge is -2.26. The largest absolute Gasteiger partial charge is 0.493 e.